The smallest absolute Gasteiger partial charge is 0.346 e. The maximum absolute atomic E-state index is 12.8. The van der Waals surface area contributed by atoms with Crippen molar-refractivity contribution in [3.63, 3.8) is 0 Å². The number of hydrazone groups is 1. The quantitative estimate of drug-likeness (QED) is 0.689. The largest absolute Gasteiger partial charge is 0.497 e. The van der Waals surface area contributed by atoms with Gasteiger partial charge in [0.05, 0.1) is 13.3 Å². The molecule has 6 nitrogen and oxygen atoms in total. The zero-order chi connectivity index (χ0) is 18.0. The molecule has 1 heterocycles. The van der Waals surface area contributed by atoms with E-state index in [0.29, 0.717) is 11.3 Å². The number of hydrogen-bond donors (Lipinski definition) is 1. The molecule has 0 aromatic heterocycles. The number of rotatable bonds is 4. The number of carbonyl (C=O) groups excluding carboxylic acids is 2. The Kier molecular flexibility index (Phi) is 4.27. The first-order valence-electron chi connectivity index (χ1n) is 7.86. The van der Waals surface area contributed by atoms with Gasteiger partial charge < -0.3 is 10.1 Å². The van der Waals surface area contributed by atoms with Crippen molar-refractivity contribution in [2.24, 2.45) is 5.10 Å². The minimum Gasteiger partial charge on any atom is -0.497 e. The lowest BCUT2D eigenvalue weighted by Crippen LogP contribution is -2.40. The van der Waals surface area contributed by atoms with Gasteiger partial charge in [-0.2, -0.15) is 5.10 Å². The summed E-state index contributed by atoms with van der Waals surface area (Å²) in [5.41, 5.74) is 1.37. The number of amides is 3. The number of aryl methyl sites for hydroxylation is 1. The lowest BCUT2D eigenvalue weighted by atomic mass is 9.92. The molecule has 0 bridgehead atoms. The van der Waals surface area contributed by atoms with Crippen molar-refractivity contribution in [2.45, 2.75) is 19.4 Å². The van der Waals surface area contributed by atoms with Crippen LogP contribution < -0.4 is 10.1 Å². The molecule has 1 aliphatic heterocycles. The topological polar surface area (TPSA) is 71.0 Å². The number of urea groups is 1. The van der Waals surface area contributed by atoms with Gasteiger partial charge >= 0.3 is 6.03 Å². The van der Waals surface area contributed by atoms with Crippen LogP contribution in [0.3, 0.4) is 0 Å². The number of benzene rings is 2. The van der Waals surface area contributed by atoms with Crippen LogP contribution in [0.4, 0.5) is 4.79 Å². The minimum absolute atomic E-state index is 0.424. The van der Waals surface area contributed by atoms with Gasteiger partial charge in [0.2, 0.25) is 0 Å². The van der Waals surface area contributed by atoms with Gasteiger partial charge in [0.25, 0.3) is 5.91 Å². The number of imide groups is 1. The zero-order valence-electron chi connectivity index (χ0n) is 14.3. The molecule has 0 aliphatic carbocycles. The fourth-order valence-electron chi connectivity index (χ4n) is 2.70. The fraction of sp³-hybridized carbons (Fsp3) is 0.211. The first-order valence-corrected chi connectivity index (χ1v) is 7.86. The molecule has 6 heteroatoms. The van der Waals surface area contributed by atoms with Crippen LogP contribution in [0.25, 0.3) is 0 Å². The van der Waals surface area contributed by atoms with E-state index in [1.807, 2.05) is 31.2 Å². The van der Waals surface area contributed by atoms with Crippen molar-refractivity contribution in [2.75, 3.05) is 7.11 Å². The van der Waals surface area contributed by atoms with Crippen LogP contribution in [-0.4, -0.2) is 30.3 Å². The second-order valence-corrected chi connectivity index (χ2v) is 6.00. The Labute approximate surface area is 146 Å². The number of methoxy groups -OCH3 is 1. The number of nitrogens with zero attached hydrogens (tertiary/aromatic N) is 2. The first kappa shape index (κ1) is 16.7. The maximum atomic E-state index is 12.8. The summed E-state index contributed by atoms with van der Waals surface area (Å²) in [6.45, 7) is 3.60. The Morgan fingerprint density at radius 2 is 1.80 bits per heavy atom. The number of carbonyl (C=O) groups is 2. The van der Waals surface area contributed by atoms with Gasteiger partial charge in [0, 0.05) is 0 Å². The molecule has 1 saturated heterocycles. The molecule has 1 aliphatic rings. The molecule has 3 amide bonds. The predicted octanol–water partition coefficient (Wildman–Crippen LogP) is 2.80. The Morgan fingerprint density at radius 3 is 2.44 bits per heavy atom. The second-order valence-electron chi connectivity index (χ2n) is 6.00. The lowest BCUT2D eigenvalue weighted by Gasteiger charge is -2.21. The molecule has 1 fully saturated rings. The second kappa shape index (κ2) is 6.39. The normalized spacial score (nSPS) is 20.2. The van der Waals surface area contributed by atoms with Crippen molar-refractivity contribution in [1.29, 1.82) is 0 Å². The summed E-state index contributed by atoms with van der Waals surface area (Å²) in [5, 5.41) is 7.68. The van der Waals surface area contributed by atoms with E-state index in [9.17, 15) is 9.59 Å². The van der Waals surface area contributed by atoms with E-state index in [4.69, 9.17) is 4.74 Å². The zero-order valence-corrected chi connectivity index (χ0v) is 14.3. The highest BCUT2D eigenvalue weighted by molar-refractivity contribution is 6.07. The van der Waals surface area contributed by atoms with Gasteiger partial charge in [0.1, 0.15) is 11.3 Å². The molecule has 1 N–H and O–H groups in total. The maximum Gasteiger partial charge on any atom is 0.346 e. The highest BCUT2D eigenvalue weighted by atomic mass is 16.5. The van der Waals surface area contributed by atoms with Crippen LogP contribution in [0.15, 0.2) is 53.6 Å². The highest BCUT2D eigenvalue weighted by Gasteiger charge is 2.49. The molecular formula is C19H19N3O3. The third-order valence-electron chi connectivity index (χ3n) is 4.34. The average Bonchev–Trinajstić information content (AvgIpc) is 2.84. The van der Waals surface area contributed by atoms with E-state index in [1.54, 1.807) is 38.3 Å². The van der Waals surface area contributed by atoms with Gasteiger partial charge in [-0.1, -0.05) is 36.4 Å². The molecular weight excluding hydrogens is 318 g/mol. The summed E-state index contributed by atoms with van der Waals surface area (Å²) < 4.78 is 5.13. The molecule has 1 atom stereocenters. The highest BCUT2D eigenvalue weighted by Crippen LogP contribution is 2.30. The number of hydrogen-bond acceptors (Lipinski definition) is 4. The molecule has 0 saturated carbocycles. The number of nitrogens with one attached hydrogen (secondary N) is 1. The van der Waals surface area contributed by atoms with Crippen LogP contribution in [0.2, 0.25) is 0 Å². The van der Waals surface area contributed by atoms with E-state index in [2.05, 4.69) is 10.4 Å². The van der Waals surface area contributed by atoms with Gasteiger partial charge in [-0.05, 0) is 42.7 Å². The fourth-order valence-corrected chi connectivity index (χ4v) is 2.70. The van der Waals surface area contributed by atoms with Crippen LogP contribution in [0.1, 0.15) is 23.6 Å². The monoisotopic (exact) mass is 337 g/mol. The lowest BCUT2D eigenvalue weighted by molar-refractivity contribution is -0.131. The average molecular weight is 337 g/mol. The molecule has 3 rings (SSSR count). The summed E-state index contributed by atoms with van der Waals surface area (Å²) in [6, 6.07) is 14.1. The Bertz CT molecular complexity index is 845. The van der Waals surface area contributed by atoms with Gasteiger partial charge in [-0.3, -0.25) is 4.79 Å². The van der Waals surface area contributed by atoms with E-state index in [-0.39, 0.29) is 0 Å². The summed E-state index contributed by atoms with van der Waals surface area (Å²) in [4.78, 5) is 25.1. The molecule has 0 radical (unpaired) electrons. The Balaban J connectivity index is 1.87. The van der Waals surface area contributed by atoms with E-state index < -0.39 is 17.5 Å². The summed E-state index contributed by atoms with van der Waals surface area (Å²) in [5.74, 6) is 0.256. The Hall–Kier alpha value is -3.15. The molecule has 2 aromatic rings. The van der Waals surface area contributed by atoms with E-state index in [1.165, 1.54) is 6.21 Å². The molecule has 0 spiro atoms. The molecule has 1 unspecified atom stereocenters. The van der Waals surface area contributed by atoms with Gasteiger partial charge in [-0.25, -0.2) is 4.79 Å². The SMILES string of the molecule is COc1ccc(C2(C)NC(=O)N(/N=C/c3ccccc3C)C2=O)cc1. The molecule has 128 valence electrons. The van der Waals surface area contributed by atoms with Gasteiger partial charge in [-0.15, -0.1) is 5.01 Å². The van der Waals surface area contributed by atoms with E-state index in [0.717, 1.165) is 16.1 Å². The van der Waals surface area contributed by atoms with Crippen molar-refractivity contribution < 1.29 is 14.3 Å². The first-order chi connectivity index (χ1) is 12.0. The van der Waals surface area contributed by atoms with Crippen molar-refractivity contribution in [3.05, 3.63) is 65.2 Å². The van der Waals surface area contributed by atoms with Crippen LogP contribution in [-0.2, 0) is 10.3 Å². The van der Waals surface area contributed by atoms with Crippen LogP contribution >= 0.6 is 0 Å². The third kappa shape index (κ3) is 2.98. The molecule has 25 heavy (non-hydrogen) atoms. The van der Waals surface area contributed by atoms with Gasteiger partial charge in [0.15, 0.2) is 0 Å². The summed E-state index contributed by atoms with van der Waals surface area (Å²) in [7, 11) is 1.57. The van der Waals surface area contributed by atoms with Crippen LogP contribution in [0, 0.1) is 6.92 Å². The Morgan fingerprint density at radius 1 is 1.12 bits per heavy atom. The predicted molar refractivity (Wildman–Crippen MR) is 94.5 cm³/mol. The minimum atomic E-state index is -1.16. The van der Waals surface area contributed by atoms with Crippen molar-refractivity contribution in [3.8, 4) is 5.75 Å². The van der Waals surface area contributed by atoms with Crippen molar-refractivity contribution in [1.82, 2.24) is 10.3 Å². The number of ether oxygens (including phenoxy) is 1. The van der Waals surface area contributed by atoms with Crippen LogP contribution in [0.5, 0.6) is 5.75 Å². The standard InChI is InChI=1S/C19H19N3O3/c1-13-6-4-5-7-14(13)12-20-22-17(23)19(2,21-18(22)24)15-8-10-16(25-3)11-9-15/h4-12H,1-3H3,(H,21,24)/b20-12+. The summed E-state index contributed by atoms with van der Waals surface area (Å²) >= 11 is 0. The third-order valence-corrected chi connectivity index (χ3v) is 4.34. The van der Waals surface area contributed by atoms with E-state index >= 15 is 0 Å². The molecule has 2 aromatic carbocycles. The summed E-state index contributed by atoms with van der Waals surface area (Å²) in [6.07, 6.45) is 1.52. The van der Waals surface area contributed by atoms with Crippen molar-refractivity contribution >= 4 is 18.2 Å².